The van der Waals surface area contributed by atoms with Gasteiger partial charge < -0.3 is 0 Å². The van der Waals surface area contributed by atoms with Crippen LogP contribution in [-0.4, -0.2) is 9.97 Å². The molecule has 0 amide bonds. The molecule has 0 unspecified atom stereocenters. The first-order valence-electron chi connectivity index (χ1n) is 4.62. The van der Waals surface area contributed by atoms with Gasteiger partial charge in [-0.3, -0.25) is 4.98 Å². The Kier molecular flexibility index (Phi) is 3.02. The Labute approximate surface area is 100 Å². The van der Waals surface area contributed by atoms with Crippen LogP contribution < -0.4 is 0 Å². The Morgan fingerprint density at radius 2 is 1.94 bits per heavy atom. The van der Waals surface area contributed by atoms with E-state index in [1.54, 1.807) is 12.1 Å². The number of halogens is 4. The summed E-state index contributed by atoms with van der Waals surface area (Å²) in [4.78, 5) is 7.66. The molecule has 0 bridgehead atoms. The lowest BCUT2D eigenvalue weighted by molar-refractivity contribution is -0.137. The number of nitrogens with zero attached hydrogens (tertiary/aromatic N) is 2. The van der Waals surface area contributed by atoms with Crippen LogP contribution in [0.2, 0.25) is 5.15 Å². The van der Waals surface area contributed by atoms with Crippen LogP contribution in [0.4, 0.5) is 13.2 Å². The van der Waals surface area contributed by atoms with Crippen molar-refractivity contribution in [1.29, 1.82) is 0 Å². The van der Waals surface area contributed by atoms with Gasteiger partial charge in [0.15, 0.2) is 0 Å². The minimum absolute atomic E-state index is 0.151. The number of aromatic nitrogens is 2. The maximum atomic E-state index is 12.6. The monoisotopic (exact) mass is 258 g/mol. The Hall–Kier alpha value is -1.62. The molecule has 2 rings (SSSR count). The minimum atomic E-state index is -4.44. The first-order chi connectivity index (χ1) is 7.97. The summed E-state index contributed by atoms with van der Waals surface area (Å²) in [6.45, 7) is 0. The summed E-state index contributed by atoms with van der Waals surface area (Å²) in [5.41, 5.74) is -0.185. The summed E-state index contributed by atoms with van der Waals surface area (Å²) in [6, 6.07) is 4.97. The highest BCUT2D eigenvalue weighted by molar-refractivity contribution is 6.29. The van der Waals surface area contributed by atoms with Crippen LogP contribution >= 0.6 is 11.6 Å². The predicted molar refractivity (Wildman–Crippen MR) is 57.5 cm³/mol. The Morgan fingerprint density at radius 1 is 1.18 bits per heavy atom. The smallest absolute Gasteiger partial charge is 0.264 e. The third-order valence-electron chi connectivity index (χ3n) is 2.08. The van der Waals surface area contributed by atoms with Crippen molar-refractivity contribution in [3.05, 3.63) is 47.4 Å². The molecule has 2 heterocycles. The van der Waals surface area contributed by atoms with Crippen LogP contribution in [-0.2, 0) is 6.18 Å². The molecule has 0 radical (unpaired) electrons. The van der Waals surface area contributed by atoms with E-state index in [2.05, 4.69) is 9.97 Å². The third-order valence-corrected chi connectivity index (χ3v) is 2.27. The van der Waals surface area contributed by atoms with Crippen LogP contribution in [0.1, 0.15) is 5.56 Å². The molecule has 0 saturated heterocycles. The summed E-state index contributed by atoms with van der Waals surface area (Å²) in [5.74, 6) is 0. The molecular formula is C11H6ClF3N2. The first-order valence-corrected chi connectivity index (χ1v) is 5.00. The fraction of sp³-hybridized carbons (Fsp3) is 0.0909. The Balaban J connectivity index is 2.54. The summed E-state index contributed by atoms with van der Waals surface area (Å²) >= 11 is 5.57. The van der Waals surface area contributed by atoms with Crippen molar-refractivity contribution in [2.75, 3.05) is 0 Å². The molecule has 88 valence electrons. The van der Waals surface area contributed by atoms with E-state index < -0.39 is 11.7 Å². The molecule has 0 atom stereocenters. The van der Waals surface area contributed by atoms with Gasteiger partial charge in [-0.2, -0.15) is 13.2 Å². The zero-order chi connectivity index (χ0) is 12.5. The van der Waals surface area contributed by atoms with E-state index in [1.807, 2.05) is 0 Å². The van der Waals surface area contributed by atoms with Crippen molar-refractivity contribution in [2.24, 2.45) is 0 Å². The normalized spacial score (nSPS) is 11.5. The predicted octanol–water partition coefficient (Wildman–Crippen LogP) is 3.82. The standard InChI is InChI=1S/C11H6ClF3N2/c12-10-5-8(11(13,14)15)4-9(17-10)7-2-1-3-16-6-7/h1-6H. The van der Waals surface area contributed by atoms with Crippen LogP contribution in [0, 0.1) is 0 Å². The van der Waals surface area contributed by atoms with Gasteiger partial charge in [-0.1, -0.05) is 11.6 Å². The van der Waals surface area contributed by atoms with Gasteiger partial charge in [0.2, 0.25) is 0 Å². The summed E-state index contributed by atoms with van der Waals surface area (Å²) in [5, 5.41) is -0.196. The Morgan fingerprint density at radius 3 is 2.53 bits per heavy atom. The van der Waals surface area contributed by atoms with Gasteiger partial charge in [-0.05, 0) is 24.3 Å². The minimum Gasteiger partial charge on any atom is -0.264 e. The molecule has 2 nitrogen and oxygen atoms in total. The van der Waals surface area contributed by atoms with Gasteiger partial charge in [0.1, 0.15) is 5.15 Å². The fourth-order valence-corrected chi connectivity index (χ4v) is 1.53. The SMILES string of the molecule is FC(F)(F)c1cc(Cl)nc(-c2cccnc2)c1. The lowest BCUT2D eigenvalue weighted by atomic mass is 10.1. The number of alkyl halides is 3. The van der Waals surface area contributed by atoms with Crippen LogP contribution in [0.15, 0.2) is 36.7 Å². The largest absolute Gasteiger partial charge is 0.416 e. The van der Waals surface area contributed by atoms with Crippen molar-refractivity contribution < 1.29 is 13.2 Å². The lowest BCUT2D eigenvalue weighted by Crippen LogP contribution is -2.05. The van der Waals surface area contributed by atoms with Crippen molar-refractivity contribution in [1.82, 2.24) is 9.97 Å². The highest BCUT2D eigenvalue weighted by atomic mass is 35.5. The molecule has 0 fully saturated rings. The molecule has 0 N–H and O–H groups in total. The van der Waals surface area contributed by atoms with E-state index in [4.69, 9.17) is 11.6 Å². The fourth-order valence-electron chi connectivity index (χ4n) is 1.32. The van der Waals surface area contributed by atoms with Crippen LogP contribution in [0.25, 0.3) is 11.3 Å². The van der Waals surface area contributed by atoms with Crippen LogP contribution in [0.5, 0.6) is 0 Å². The van der Waals surface area contributed by atoms with Gasteiger partial charge in [0.05, 0.1) is 11.3 Å². The molecule has 0 aliphatic heterocycles. The van der Waals surface area contributed by atoms with Gasteiger partial charge in [0.25, 0.3) is 0 Å². The molecule has 0 aliphatic carbocycles. The van der Waals surface area contributed by atoms with E-state index in [1.165, 1.54) is 12.4 Å². The maximum absolute atomic E-state index is 12.6. The third kappa shape index (κ3) is 2.74. The van der Waals surface area contributed by atoms with Crippen molar-refractivity contribution in [2.45, 2.75) is 6.18 Å². The molecule has 6 heteroatoms. The van der Waals surface area contributed by atoms with Gasteiger partial charge in [0, 0.05) is 18.0 Å². The zero-order valence-electron chi connectivity index (χ0n) is 8.37. The average Bonchev–Trinajstić information content (AvgIpc) is 2.28. The highest BCUT2D eigenvalue weighted by Crippen LogP contribution is 2.32. The van der Waals surface area contributed by atoms with Crippen molar-refractivity contribution >= 4 is 11.6 Å². The van der Waals surface area contributed by atoms with Gasteiger partial charge in [-0.15, -0.1) is 0 Å². The molecule has 0 aliphatic rings. The van der Waals surface area contributed by atoms with Gasteiger partial charge >= 0.3 is 6.18 Å². The second kappa shape index (κ2) is 4.33. The van der Waals surface area contributed by atoms with E-state index in [0.717, 1.165) is 12.1 Å². The highest BCUT2D eigenvalue weighted by Gasteiger charge is 2.31. The molecule has 2 aromatic heterocycles. The van der Waals surface area contributed by atoms with E-state index in [9.17, 15) is 13.2 Å². The molecule has 0 spiro atoms. The first kappa shape index (κ1) is 11.9. The average molecular weight is 259 g/mol. The second-order valence-electron chi connectivity index (χ2n) is 3.30. The lowest BCUT2D eigenvalue weighted by Gasteiger charge is -2.09. The van der Waals surface area contributed by atoms with E-state index in [0.29, 0.717) is 5.56 Å². The van der Waals surface area contributed by atoms with Crippen LogP contribution in [0.3, 0.4) is 0 Å². The number of pyridine rings is 2. The van der Waals surface area contributed by atoms with Crippen molar-refractivity contribution in [3.8, 4) is 11.3 Å². The number of rotatable bonds is 1. The molecule has 2 aromatic rings. The summed E-state index contributed by atoms with van der Waals surface area (Å²) < 4.78 is 37.7. The second-order valence-corrected chi connectivity index (χ2v) is 3.69. The number of hydrogen-bond acceptors (Lipinski definition) is 2. The van der Waals surface area contributed by atoms with E-state index in [-0.39, 0.29) is 10.8 Å². The molecule has 0 aromatic carbocycles. The maximum Gasteiger partial charge on any atom is 0.416 e. The quantitative estimate of drug-likeness (QED) is 0.727. The Bertz CT molecular complexity index is 526. The topological polar surface area (TPSA) is 25.8 Å². The molecule has 17 heavy (non-hydrogen) atoms. The molecular weight excluding hydrogens is 253 g/mol. The summed E-state index contributed by atoms with van der Waals surface area (Å²) in [7, 11) is 0. The van der Waals surface area contributed by atoms with Crippen molar-refractivity contribution in [3.63, 3.8) is 0 Å². The van der Waals surface area contributed by atoms with E-state index >= 15 is 0 Å². The van der Waals surface area contributed by atoms with Gasteiger partial charge in [-0.25, -0.2) is 4.98 Å². The summed E-state index contributed by atoms with van der Waals surface area (Å²) in [6.07, 6.45) is -1.49. The zero-order valence-corrected chi connectivity index (χ0v) is 9.13. The number of hydrogen-bond donors (Lipinski definition) is 0. The molecule has 0 saturated carbocycles.